The molecule has 0 heterocycles. The number of rotatable bonds is 11. The zero-order chi connectivity index (χ0) is 14.5. The summed E-state index contributed by atoms with van der Waals surface area (Å²) in [7, 11) is 0. The minimum absolute atomic E-state index is 0.0995. The fourth-order valence-electron chi connectivity index (χ4n) is 1.79. The first-order valence-electron chi connectivity index (χ1n) is 7.59. The van der Waals surface area contributed by atoms with Crippen LogP contribution < -0.4 is 10.6 Å². The average molecular weight is 270 g/mol. The maximum Gasteiger partial charge on any atom is 0.219 e. The van der Waals surface area contributed by atoms with Gasteiger partial charge in [-0.1, -0.05) is 33.6 Å². The van der Waals surface area contributed by atoms with Gasteiger partial charge >= 0.3 is 0 Å². The molecule has 0 atom stereocenters. The summed E-state index contributed by atoms with van der Waals surface area (Å²) in [4.78, 5) is 22.7. The van der Waals surface area contributed by atoms with Gasteiger partial charge in [-0.2, -0.15) is 0 Å². The maximum absolute atomic E-state index is 11.5. The lowest BCUT2D eigenvalue weighted by Gasteiger charge is -2.07. The summed E-state index contributed by atoms with van der Waals surface area (Å²) in [5, 5.41) is 5.72. The first kappa shape index (κ1) is 17.9. The van der Waals surface area contributed by atoms with Gasteiger partial charge in [0.15, 0.2) is 0 Å². The van der Waals surface area contributed by atoms with Crippen molar-refractivity contribution in [1.82, 2.24) is 10.6 Å². The third kappa shape index (κ3) is 13.2. The molecular weight excluding hydrogens is 240 g/mol. The molecule has 0 saturated heterocycles. The lowest BCUT2D eigenvalue weighted by molar-refractivity contribution is -0.121. The van der Waals surface area contributed by atoms with Crippen LogP contribution in [0.3, 0.4) is 0 Å². The van der Waals surface area contributed by atoms with Gasteiger partial charge < -0.3 is 10.6 Å². The summed E-state index contributed by atoms with van der Waals surface area (Å²) in [5.74, 6) is 0.945. The molecule has 0 fully saturated rings. The van der Waals surface area contributed by atoms with E-state index in [1.807, 2.05) is 6.92 Å². The standard InChI is InChI=1S/C15H30N2O2/c1-4-8-14(18)16-11-7-12-17-15(19)10-6-5-9-13(2)3/h13H,4-12H2,1-3H3,(H,16,18)(H,17,19). The number of nitrogens with one attached hydrogen (secondary N) is 2. The van der Waals surface area contributed by atoms with E-state index in [2.05, 4.69) is 24.5 Å². The number of hydrogen-bond acceptors (Lipinski definition) is 2. The van der Waals surface area contributed by atoms with E-state index in [-0.39, 0.29) is 11.8 Å². The SMILES string of the molecule is CCCC(=O)NCCCNC(=O)CCCCC(C)C. The van der Waals surface area contributed by atoms with Crippen molar-refractivity contribution in [3.8, 4) is 0 Å². The van der Waals surface area contributed by atoms with E-state index in [1.165, 1.54) is 6.42 Å². The van der Waals surface area contributed by atoms with Crippen molar-refractivity contribution in [2.24, 2.45) is 5.92 Å². The Kier molecular flexibility index (Phi) is 11.3. The summed E-state index contributed by atoms with van der Waals surface area (Å²) in [6.07, 6.45) is 6.16. The number of unbranched alkanes of at least 4 members (excludes halogenated alkanes) is 1. The Labute approximate surface area is 117 Å². The molecule has 0 aromatic rings. The zero-order valence-corrected chi connectivity index (χ0v) is 12.8. The summed E-state index contributed by atoms with van der Waals surface area (Å²) in [6.45, 7) is 7.68. The van der Waals surface area contributed by atoms with Gasteiger partial charge in [0.1, 0.15) is 0 Å². The summed E-state index contributed by atoms with van der Waals surface area (Å²) < 4.78 is 0. The quantitative estimate of drug-likeness (QED) is 0.567. The highest BCUT2D eigenvalue weighted by molar-refractivity contribution is 5.76. The third-order valence-corrected chi connectivity index (χ3v) is 2.91. The second-order valence-corrected chi connectivity index (χ2v) is 5.44. The Bertz CT molecular complexity index is 253. The van der Waals surface area contributed by atoms with Gasteiger partial charge in [-0.05, 0) is 25.2 Å². The summed E-state index contributed by atoms with van der Waals surface area (Å²) >= 11 is 0. The minimum Gasteiger partial charge on any atom is -0.356 e. The zero-order valence-electron chi connectivity index (χ0n) is 12.8. The van der Waals surface area contributed by atoms with E-state index in [0.717, 1.165) is 31.6 Å². The molecule has 2 amide bonds. The van der Waals surface area contributed by atoms with Crippen molar-refractivity contribution < 1.29 is 9.59 Å². The molecule has 4 nitrogen and oxygen atoms in total. The van der Waals surface area contributed by atoms with Gasteiger partial charge in [0.2, 0.25) is 11.8 Å². The van der Waals surface area contributed by atoms with Crippen molar-refractivity contribution in [2.45, 2.75) is 65.7 Å². The van der Waals surface area contributed by atoms with Crippen LogP contribution in [0.15, 0.2) is 0 Å². The molecule has 0 aliphatic heterocycles. The van der Waals surface area contributed by atoms with Crippen molar-refractivity contribution >= 4 is 11.8 Å². The van der Waals surface area contributed by atoms with Crippen molar-refractivity contribution in [2.75, 3.05) is 13.1 Å². The highest BCUT2D eigenvalue weighted by Crippen LogP contribution is 2.07. The van der Waals surface area contributed by atoms with E-state index < -0.39 is 0 Å². The predicted molar refractivity (Wildman–Crippen MR) is 78.9 cm³/mol. The van der Waals surface area contributed by atoms with Crippen LogP contribution in [0.4, 0.5) is 0 Å². The molecule has 0 bridgehead atoms. The van der Waals surface area contributed by atoms with Crippen LogP contribution in [0.5, 0.6) is 0 Å². The number of carbonyl (C=O) groups excluding carboxylic acids is 2. The van der Waals surface area contributed by atoms with Crippen LogP contribution in [0, 0.1) is 5.92 Å². The smallest absolute Gasteiger partial charge is 0.219 e. The minimum atomic E-state index is 0.0995. The molecule has 0 aromatic carbocycles. The van der Waals surface area contributed by atoms with Crippen molar-refractivity contribution in [3.05, 3.63) is 0 Å². The van der Waals surface area contributed by atoms with Crippen LogP contribution in [-0.2, 0) is 9.59 Å². The molecule has 0 unspecified atom stereocenters. The molecule has 0 spiro atoms. The van der Waals surface area contributed by atoms with Gasteiger partial charge in [-0.15, -0.1) is 0 Å². The van der Waals surface area contributed by atoms with Gasteiger partial charge in [-0.25, -0.2) is 0 Å². The van der Waals surface area contributed by atoms with E-state index in [0.29, 0.717) is 25.9 Å². The van der Waals surface area contributed by atoms with Crippen LogP contribution in [0.2, 0.25) is 0 Å². The third-order valence-electron chi connectivity index (χ3n) is 2.91. The molecule has 0 radical (unpaired) electrons. The fraction of sp³-hybridized carbons (Fsp3) is 0.867. The Balaban J connectivity index is 3.31. The van der Waals surface area contributed by atoms with E-state index in [4.69, 9.17) is 0 Å². The fourth-order valence-corrected chi connectivity index (χ4v) is 1.79. The molecule has 0 aromatic heterocycles. The maximum atomic E-state index is 11.5. The van der Waals surface area contributed by atoms with Gasteiger partial charge in [0, 0.05) is 25.9 Å². The molecule has 0 saturated carbocycles. The van der Waals surface area contributed by atoms with Crippen LogP contribution in [0.1, 0.15) is 65.7 Å². The average Bonchev–Trinajstić information content (AvgIpc) is 2.34. The number of amides is 2. The highest BCUT2D eigenvalue weighted by Gasteiger charge is 2.02. The van der Waals surface area contributed by atoms with Crippen LogP contribution >= 0.6 is 0 Å². The normalized spacial score (nSPS) is 10.5. The topological polar surface area (TPSA) is 58.2 Å². The second-order valence-electron chi connectivity index (χ2n) is 5.44. The van der Waals surface area contributed by atoms with Crippen molar-refractivity contribution in [3.63, 3.8) is 0 Å². The Hall–Kier alpha value is -1.06. The summed E-state index contributed by atoms with van der Waals surface area (Å²) in [5.41, 5.74) is 0. The summed E-state index contributed by atoms with van der Waals surface area (Å²) in [6, 6.07) is 0. The molecule has 2 N–H and O–H groups in total. The molecule has 0 aliphatic rings. The second kappa shape index (κ2) is 12.0. The predicted octanol–water partition coefficient (Wildman–Crippen LogP) is 2.63. The molecule has 19 heavy (non-hydrogen) atoms. The molecule has 4 heteroatoms. The first-order chi connectivity index (χ1) is 9.06. The molecular formula is C15H30N2O2. The Morgan fingerprint density at radius 1 is 0.895 bits per heavy atom. The van der Waals surface area contributed by atoms with E-state index >= 15 is 0 Å². The van der Waals surface area contributed by atoms with Gasteiger partial charge in [-0.3, -0.25) is 9.59 Å². The highest BCUT2D eigenvalue weighted by atomic mass is 16.2. The Morgan fingerprint density at radius 2 is 1.47 bits per heavy atom. The van der Waals surface area contributed by atoms with Gasteiger partial charge in [0.05, 0.1) is 0 Å². The van der Waals surface area contributed by atoms with Crippen molar-refractivity contribution in [1.29, 1.82) is 0 Å². The van der Waals surface area contributed by atoms with E-state index in [9.17, 15) is 9.59 Å². The molecule has 0 rings (SSSR count). The van der Waals surface area contributed by atoms with Gasteiger partial charge in [0.25, 0.3) is 0 Å². The number of hydrogen-bond donors (Lipinski definition) is 2. The lowest BCUT2D eigenvalue weighted by Crippen LogP contribution is -2.29. The molecule has 112 valence electrons. The van der Waals surface area contributed by atoms with E-state index in [1.54, 1.807) is 0 Å². The van der Waals surface area contributed by atoms with Crippen LogP contribution in [0.25, 0.3) is 0 Å². The Morgan fingerprint density at radius 3 is 2.00 bits per heavy atom. The largest absolute Gasteiger partial charge is 0.356 e. The molecule has 0 aliphatic carbocycles. The van der Waals surface area contributed by atoms with Crippen LogP contribution in [-0.4, -0.2) is 24.9 Å². The monoisotopic (exact) mass is 270 g/mol. The number of carbonyl (C=O) groups is 2. The lowest BCUT2D eigenvalue weighted by atomic mass is 10.1. The first-order valence-corrected chi connectivity index (χ1v) is 7.59.